The van der Waals surface area contributed by atoms with Crippen molar-refractivity contribution in [2.24, 2.45) is 0 Å². The molecule has 5 aromatic rings. The van der Waals surface area contributed by atoms with Gasteiger partial charge in [-0.15, -0.1) is 0 Å². The van der Waals surface area contributed by atoms with Gasteiger partial charge in [-0.3, -0.25) is 0 Å². The van der Waals surface area contributed by atoms with E-state index >= 15 is 0 Å². The third kappa shape index (κ3) is 6.66. The highest BCUT2D eigenvalue weighted by molar-refractivity contribution is 5.53. The molecule has 0 spiro atoms. The Hall–Kier alpha value is -5.10. The van der Waals surface area contributed by atoms with E-state index in [4.69, 9.17) is 30.4 Å². The molecule has 4 N–H and O–H groups in total. The van der Waals surface area contributed by atoms with Crippen molar-refractivity contribution in [3.63, 3.8) is 0 Å². The number of anilines is 2. The van der Waals surface area contributed by atoms with Crippen molar-refractivity contribution in [1.29, 1.82) is 0 Å². The van der Waals surface area contributed by atoms with Crippen LogP contribution >= 0.6 is 0 Å². The SMILES string of the molecule is Cc1cc(N)cc(Oc2cccc(Oc3cc(C)cc(Oc4cccc(Oc5cc(C)cc(N)c5)c4)c3C)c2)c1. The minimum Gasteiger partial charge on any atom is -0.457 e. The van der Waals surface area contributed by atoms with Gasteiger partial charge in [-0.2, -0.15) is 0 Å². The molecule has 6 heteroatoms. The van der Waals surface area contributed by atoms with Crippen molar-refractivity contribution in [2.45, 2.75) is 27.7 Å². The molecule has 5 rings (SSSR count). The highest BCUT2D eigenvalue weighted by atomic mass is 16.5. The first-order chi connectivity index (χ1) is 19.2. The van der Waals surface area contributed by atoms with Crippen molar-refractivity contribution in [1.82, 2.24) is 0 Å². The van der Waals surface area contributed by atoms with Crippen molar-refractivity contribution in [2.75, 3.05) is 11.5 Å². The number of benzene rings is 5. The Morgan fingerprint density at radius 2 is 0.775 bits per heavy atom. The van der Waals surface area contributed by atoms with E-state index in [1.807, 2.05) is 113 Å². The van der Waals surface area contributed by atoms with Gasteiger partial charge < -0.3 is 30.4 Å². The van der Waals surface area contributed by atoms with Gasteiger partial charge in [0.2, 0.25) is 0 Å². The lowest BCUT2D eigenvalue weighted by molar-refractivity contribution is 0.442. The predicted octanol–water partition coefficient (Wildman–Crippen LogP) is 9.25. The maximum atomic E-state index is 6.30. The Morgan fingerprint density at radius 1 is 0.400 bits per heavy atom. The minimum absolute atomic E-state index is 0.644. The van der Waals surface area contributed by atoms with E-state index in [9.17, 15) is 0 Å². The molecule has 0 bridgehead atoms. The Kier molecular flexibility index (Phi) is 7.51. The van der Waals surface area contributed by atoms with Crippen LogP contribution in [-0.2, 0) is 0 Å². The zero-order valence-corrected chi connectivity index (χ0v) is 23.0. The molecular weight excluding hydrogens is 500 g/mol. The van der Waals surface area contributed by atoms with Crippen LogP contribution in [0.1, 0.15) is 22.3 Å². The second-order valence-corrected chi connectivity index (χ2v) is 9.90. The van der Waals surface area contributed by atoms with Crippen LogP contribution in [0.15, 0.2) is 97.1 Å². The van der Waals surface area contributed by atoms with Crippen LogP contribution in [0.3, 0.4) is 0 Å². The maximum Gasteiger partial charge on any atom is 0.134 e. The molecule has 0 fully saturated rings. The molecule has 6 nitrogen and oxygen atoms in total. The first-order valence-electron chi connectivity index (χ1n) is 13.0. The van der Waals surface area contributed by atoms with E-state index in [1.54, 1.807) is 12.1 Å². The average molecular weight is 533 g/mol. The summed E-state index contributed by atoms with van der Waals surface area (Å²) in [4.78, 5) is 0. The third-order valence-corrected chi connectivity index (χ3v) is 6.14. The van der Waals surface area contributed by atoms with Gasteiger partial charge in [0.25, 0.3) is 0 Å². The van der Waals surface area contributed by atoms with Gasteiger partial charge in [-0.05, 0) is 105 Å². The minimum atomic E-state index is 0.644. The zero-order chi connectivity index (χ0) is 28.2. The third-order valence-electron chi connectivity index (χ3n) is 6.14. The average Bonchev–Trinajstić information content (AvgIpc) is 2.86. The standard InChI is InChI=1S/C34H32N2O4/c1-21-11-25(35)17-31(13-21)37-27-7-5-9-29(19-27)39-33-15-23(3)16-34(24(33)4)40-30-10-6-8-28(20-30)38-32-14-22(2)12-26(36)18-32/h5-20H,35-36H2,1-4H3. The number of nitrogen functional groups attached to an aromatic ring is 2. The van der Waals surface area contributed by atoms with E-state index in [0.29, 0.717) is 57.4 Å². The van der Waals surface area contributed by atoms with Gasteiger partial charge in [0.15, 0.2) is 0 Å². The first-order valence-corrected chi connectivity index (χ1v) is 13.0. The topological polar surface area (TPSA) is 89.0 Å². The summed E-state index contributed by atoms with van der Waals surface area (Å²) in [5.41, 5.74) is 17.2. The summed E-state index contributed by atoms with van der Waals surface area (Å²) in [5.74, 6) is 5.32. The predicted molar refractivity (Wildman–Crippen MR) is 160 cm³/mol. The number of hydrogen-bond donors (Lipinski definition) is 2. The molecule has 0 aliphatic rings. The zero-order valence-electron chi connectivity index (χ0n) is 23.0. The Balaban J connectivity index is 1.34. The first kappa shape index (κ1) is 26.5. The number of nitrogens with two attached hydrogens (primary N) is 2. The van der Waals surface area contributed by atoms with Crippen LogP contribution in [0.2, 0.25) is 0 Å². The van der Waals surface area contributed by atoms with Gasteiger partial charge in [-0.25, -0.2) is 0 Å². The van der Waals surface area contributed by atoms with Crippen molar-refractivity contribution in [3.05, 3.63) is 119 Å². The monoisotopic (exact) mass is 532 g/mol. The Bertz CT molecular complexity index is 1520. The summed E-state index contributed by atoms with van der Waals surface area (Å²) < 4.78 is 24.7. The molecule has 0 radical (unpaired) electrons. The van der Waals surface area contributed by atoms with Crippen LogP contribution in [0, 0.1) is 27.7 Å². The van der Waals surface area contributed by atoms with E-state index < -0.39 is 0 Å². The lowest BCUT2D eigenvalue weighted by atomic mass is 10.1. The summed E-state index contributed by atoms with van der Waals surface area (Å²) >= 11 is 0. The van der Waals surface area contributed by atoms with Crippen LogP contribution in [0.25, 0.3) is 0 Å². The lowest BCUT2D eigenvalue weighted by Gasteiger charge is -2.16. The number of ether oxygens (including phenoxy) is 4. The van der Waals surface area contributed by atoms with E-state index in [-0.39, 0.29) is 0 Å². The summed E-state index contributed by atoms with van der Waals surface area (Å²) in [5, 5.41) is 0. The highest BCUT2D eigenvalue weighted by Gasteiger charge is 2.12. The van der Waals surface area contributed by atoms with Gasteiger partial charge >= 0.3 is 0 Å². The fraction of sp³-hybridized carbons (Fsp3) is 0.118. The molecule has 202 valence electrons. The van der Waals surface area contributed by atoms with Crippen molar-refractivity contribution in [3.8, 4) is 46.0 Å². The quantitative estimate of drug-likeness (QED) is 0.194. The number of rotatable bonds is 8. The van der Waals surface area contributed by atoms with Crippen LogP contribution in [-0.4, -0.2) is 0 Å². The van der Waals surface area contributed by atoms with Gasteiger partial charge in [0.1, 0.15) is 46.0 Å². The Labute approximate surface area is 234 Å². The molecule has 0 amide bonds. The van der Waals surface area contributed by atoms with Crippen LogP contribution in [0.4, 0.5) is 11.4 Å². The lowest BCUT2D eigenvalue weighted by Crippen LogP contribution is -1.95. The molecule has 0 aliphatic carbocycles. The Morgan fingerprint density at radius 3 is 1.18 bits per heavy atom. The van der Waals surface area contributed by atoms with E-state index in [2.05, 4.69) is 0 Å². The molecule has 0 atom stereocenters. The normalized spacial score (nSPS) is 10.7. The molecule has 0 heterocycles. The fourth-order valence-corrected chi connectivity index (χ4v) is 4.40. The number of aryl methyl sites for hydroxylation is 3. The number of hydrogen-bond acceptors (Lipinski definition) is 6. The summed E-state index contributed by atoms with van der Waals surface area (Å²) in [7, 11) is 0. The summed E-state index contributed by atoms with van der Waals surface area (Å²) in [6, 6.07) is 30.2. The molecule has 0 saturated heterocycles. The summed E-state index contributed by atoms with van der Waals surface area (Å²) in [6.07, 6.45) is 0. The van der Waals surface area contributed by atoms with Gasteiger partial charge in [0.05, 0.1) is 0 Å². The molecule has 0 aliphatic heterocycles. The van der Waals surface area contributed by atoms with Crippen LogP contribution < -0.4 is 30.4 Å². The largest absolute Gasteiger partial charge is 0.457 e. The van der Waals surface area contributed by atoms with Crippen LogP contribution in [0.5, 0.6) is 46.0 Å². The molecule has 0 saturated carbocycles. The molecule has 0 unspecified atom stereocenters. The van der Waals surface area contributed by atoms with Gasteiger partial charge in [0, 0.05) is 41.2 Å². The molecule has 0 aromatic heterocycles. The molecule has 5 aromatic carbocycles. The molecule has 40 heavy (non-hydrogen) atoms. The second-order valence-electron chi connectivity index (χ2n) is 9.90. The van der Waals surface area contributed by atoms with Crippen molar-refractivity contribution >= 4 is 11.4 Å². The second kappa shape index (κ2) is 11.3. The summed E-state index contributed by atoms with van der Waals surface area (Å²) in [6.45, 7) is 7.93. The maximum absolute atomic E-state index is 6.30. The fourth-order valence-electron chi connectivity index (χ4n) is 4.40. The van der Waals surface area contributed by atoms with E-state index in [0.717, 1.165) is 22.3 Å². The van der Waals surface area contributed by atoms with E-state index in [1.165, 1.54) is 0 Å². The van der Waals surface area contributed by atoms with Gasteiger partial charge in [-0.1, -0.05) is 12.1 Å². The highest BCUT2D eigenvalue weighted by Crippen LogP contribution is 2.38. The van der Waals surface area contributed by atoms with Crippen molar-refractivity contribution < 1.29 is 18.9 Å². The molecular formula is C34H32N2O4. The smallest absolute Gasteiger partial charge is 0.134 e.